The molecule has 4 heteroatoms. The van der Waals surface area contributed by atoms with E-state index in [-0.39, 0.29) is 0 Å². The lowest BCUT2D eigenvalue weighted by Gasteiger charge is -2.15. The summed E-state index contributed by atoms with van der Waals surface area (Å²) in [6.45, 7) is 8.77. The molecular weight excluding hydrogens is 256 g/mol. The van der Waals surface area contributed by atoms with Crippen molar-refractivity contribution >= 4 is 30.5 Å². The van der Waals surface area contributed by atoms with Crippen molar-refractivity contribution in [2.45, 2.75) is 49.3 Å². The third-order valence-electron chi connectivity index (χ3n) is 2.72. The molecule has 1 aliphatic heterocycles. The van der Waals surface area contributed by atoms with Gasteiger partial charge in [0.15, 0.2) is 8.86 Å². The van der Waals surface area contributed by atoms with E-state index < -0.39 is 8.86 Å². The molecule has 0 fully saturated rings. The van der Waals surface area contributed by atoms with Gasteiger partial charge >= 0.3 is 0 Å². The second kappa shape index (κ2) is 4.75. The summed E-state index contributed by atoms with van der Waals surface area (Å²) in [5, 5.41) is 0. The van der Waals surface area contributed by atoms with Crippen LogP contribution in [0.4, 0.5) is 0 Å². The minimum Gasteiger partial charge on any atom is -0.235 e. The fourth-order valence-corrected chi connectivity index (χ4v) is 7.41. The van der Waals surface area contributed by atoms with E-state index in [1.165, 1.54) is 42.5 Å². The molecule has 2 rings (SSSR count). The average Bonchev–Trinajstić information content (AvgIpc) is 2.56. The van der Waals surface area contributed by atoms with Crippen LogP contribution in [0.15, 0.2) is 21.9 Å². The van der Waals surface area contributed by atoms with Crippen molar-refractivity contribution in [2.24, 2.45) is 0 Å². The zero-order chi connectivity index (χ0) is 11.9. The first kappa shape index (κ1) is 12.5. The van der Waals surface area contributed by atoms with Gasteiger partial charge in [-0.25, -0.2) is 4.21 Å². The first-order chi connectivity index (χ1) is 7.50. The second-order valence-electron chi connectivity index (χ2n) is 4.58. The third kappa shape index (κ3) is 2.20. The van der Waals surface area contributed by atoms with E-state index in [1.54, 1.807) is 0 Å². The molecule has 88 valence electrons. The first-order valence-electron chi connectivity index (χ1n) is 5.46. The highest BCUT2D eigenvalue weighted by atomic mass is 33.5. The highest BCUT2D eigenvalue weighted by Crippen LogP contribution is 2.52. The lowest BCUT2D eigenvalue weighted by atomic mass is 9.97. The summed E-state index contributed by atoms with van der Waals surface area (Å²) in [7, 11) is 2.19. The van der Waals surface area contributed by atoms with Crippen molar-refractivity contribution in [2.75, 3.05) is 0 Å². The van der Waals surface area contributed by atoms with E-state index in [4.69, 9.17) is 0 Å². The second-order valence-corrected chi connectivity index (χ2v) is 9.59. The fourth-order valence-electron chi connectivity index (χ4n) is 1.83. The maximum Gasteiger partial charge on any atom is 0.151 e. The zero-order valence-corrected chi connectivity index (χ0v) is 12.4. The van der Waals surface area contributed by atoms with Gasteiger partial charge in [0, 0.05) is 9.79 Å². The van der Waals surface area contributed by atoms with Crippen LogP contribution in [-0.4, -0.2) is 4.21 Å². The number of hydrogen-bond donors (Lipinski definition) is 0. The van der Waals surface area contributed by atoms with Crippen molar-refractivity contribution in [1.82, 2.24) is 0 Å². The van der Waals surface area contributed by atoms with Gasteiger partial charge in [-0.15, -0.1) is 0 Å². The fraction of sp³-hybridized carbons (Fsp3) is 0.500. The largest absolute Gasteiger partial charge is 0.235 e. The van der Waals surface area contributed by atoms with Crippen molar-refractivity contribution < 1.29 is 4.21 Å². The van der Waals surface area contributed by atoms with Crippen LogP contribution in [0.3, 0.4) is 0 Å². The van der Waals surface area contributed by atoms with E-state index in [0.717, 1.165) is 0 Å². The Kier molecular flexibility index (Phi) is 3.72. The van der Waals surface area contributed by atoms with Gasteiger partial charge in [0.05, 0.1) is 0 Å². The van der Waals surface area contributed by atoms with Gasteiger partial charge in [-0.05, 0) is 44.6 Å². The van der Waals surface area contributed by atoms with E-state index in [1.807, 2.05) is 0 Å². The van der Waals surface area contributed by atoms with E-state index in [0.29, 0.717) is 11.8 Å². The number of rotatable bonds is 2. The molecule has 16 heavy (non-hydrogen) atoms. The topological polar surface area (TPSA) is 17.1 Å². The zero-order valence-electron chi connectivity index (χ0n) is 9.94. The van der Waals surface area contributed by atoms with Crippen LogP contribution < -0.4 is 0 Å². The molecule has 0 atom stereocenters. The van der Waals surface area contributed by atoms with Crippen LogP contribution in [-0.2, 0) is 8.86 Å². The van der Waals surface area contributed by atoms with Gasteiger partial charge in [0.1, 0.15) is 0 Å². The van der Waals surface area contributed by atoms with Crippen LogP contribution in [0.25, 0.3) is 0 Å². The summed E-state index contributed by atoms with van der Waals surface area (Å²) in [5.41, 5.74) is 2.67. The normalized spacial score (nSPS) is 16.1. The molecule has 0 radical (unpaired) electrons. The van der Waals surface area contributed by atoms with Gasteiger partial charge in [-0.3, -0.25) is 0 Å². The minimum atomic E-state index is -0.840. The van der Waals surface area contributed by atoms with Gasteiger partial charge < -0.3 is 0 Å². The summed E-state index contributed by atoms with van der Waals surface area (Å²) in [5.74, 6) is 0.997. The molecular formula is C12H16OS3. The Morgan fingerprint density at radius 3 is 1.62 bits per heavy atom. The molecule has 1 aromatic carbocycles. The molecule has 1 heterocycles. The highest BCUT2D eigenvalue weighted by molar-refractivity contribution is 9.03. The Morgan fingerprint density at radius 1 is 0.938 bits per heavy atom. The Morgan fingerprint density at radius 2 is 1.31 bits per heavy atom. The predicted octanol–water partition coefficient (Wildman–Crippen LogP) is 4.71. The first-order valence-corrected chi connectivity index (χ1v) is 9.27. The summed E-state index contributed by atoms with van der Waals surface area (Å²) in [6.07, 6.45) is 0. The third-order valence-corrected chi connectivity index (χ3v) is 7.38. The highest BCUT2D eigenvalue weighted by Gasteiger charge is 2.27. The molecule has 0 bridgehead atoms. The number of benzene rings is 1. The number of hydrogen-bond acceptors (Lipinski definition) is 3. The molecule has 0 saturated heterocycles. The summed E-state index contributed by atoms with van der Waals surface area (Å²) in [4.78, 5) is 2.51. The van der Waals surface area contributed by atoms with E-state index in [2.05, 4.69) is 39.8 Å². The lowest BCUT2D eigenvalue weighted by molar-refractivity contribution is 0.699. The van der Waals surface area contributed by atoms with Gasteiger partial charge in [-0.2, -0.15) is 0 Å². The SMILES string of the molecule is CC(C)c1ccc(C(C)C)c2c1SS(=O)S2. The minimum absolute atomic E-state index is 0.498. The van der Waals surface area contributed by atoms with Crippen molar-refractivity contribution in [3.8, 4) is 0 Å². The Labute approximate surface area is 107 Å². The van der Waals surface area contributed by atoms with Crippen LogP contribution >= 0.6 is 21.6 Å². The molecule has 1 aliphatic rings. The lowest BCUT2D eigenvalue weighted by Crippen LogP contribution is -1.96. The van der Waals surface area contributed by atoms with Crippen LogP contribution in [0.5, 0.6) is 0 Å². The quantitative estimate of drug-likeness (QED) is 0.726. The van der Waals surface area contributed by atoms with Crippen molar-refractivity contribution in [1.29, 1.82) is 0 Å². The molecule has 0 aromatic heterocycles. The van der Waals surface area contributed by atoms with Gasteiger partial charge in [0.2, 0.25) is 0 Å². The van der Waals surface area contributed by atoms with Gasteiger partial charge in [0.25, 0.3) is 0 Å². The predicted molar refractivity (Wildman–Crippen MR) is 74.5 cm³/mol. The van der Waals surface area contributed by atoms with Crippen molar-refractivity contribution in [3.05, 3.63) is 23.3 Å². The van der Waals surface area contributed by atoms with E-state index in [9.17, 15) is 4.21 Å². The Bertz CT molecular complexity index is 399. The molecule has 0 amide bonds. The summed E-state index contributed by atoms with van der Waals surface area (Å²) in [6, 6.07) is 4.41. The summed E-state index contributed by atoms with van der Waals surface area (Å²) >= 11 is 0. The Hall–Kier alpha value is 0.0700. The molecule has 0 unspecified atom stereocenters. The molecule has 1 nitrogen and oxygen atoms in total. The molecule has 0 spiro atoms. The number of fused-ring (bicyclic) bond motifs is 1. The van der Waals surface area contributed by atoms with Gasteiger partial charge in [-0.1, -0.05) is 39.8 Å². The molecule has 0 aliphatic carbocycles. The maximum absolute atomic E-state index is 11.7. The smallest absolute Gasteiger partial charge is 0.151 e. The van der Waals surface area contributed by atoms with Crippen LogP contribution in [0.1, 0.15) is 50.7 Å². The molecule has 0 N–H and O–H groups in total. The molecule has 0 saturated carbocycles. The van der Waals surface area contributed by atoms with Crippen LogP contribution in [0.2, 0.25) is 0 Å². The standard InChI is InChI=1S/C12H16OS3/c1-7(2)9-5-6-10(8(3)4)12-11(9)14-16(13)15-12/h5-8H,1-4H3. The van der Waals surface area contributed by atoms with E-state index >= 15 is 0 Å². The molecule has 1 aromatic rings. The summed E-state index contributed by atoms with van der Waals surface area (Å²) < 4.78 is 11.7. The monoisotopic (exact) mass is 272 g/mol. The average molecular weight is 272 g/mol. The van der Waals surface area contributed by atoms with Crippen molar-refractivity contribution in [3.63, 3.8) is 0 Å². The maximum atomic E-state index is 11.7. The van der Waals surface area contributed by atoms with Crippen LogP contribution in [0, 0.1) is 0 Å². The Balaban J connectivity index is 2.58.